The van der Waals surface area contributed by atoms with Gasteiger partial charge in [-0.05, 0) is 50.2 Å². The maximum absolute atomic E-state index is 14.2. The number of aryl methyl sites for hydroxylation is 1. The number of aliphatic hydroxyl groups excluding tert-OH is 1. The second-order valence-corrected chi connectivity index (χ2v) is 9.08. The van der Waals surface area contributed by atoms with Gasteiger partial charge in [-0.15, -0.1) is 0 Å². The van der Waals surface area contributed by atoms with Crippen LogP contribution >= 0.6 is 0 Å². The number of hydrogen-bond acceptors (Lipinski definition) is 9. The molecule has 0 spiro atoms. The highest BCUT2D eigenvalue weighted by atomic mass is 19.1. The van der Waals surface area contributed by atoms with Crippen LogP contribution in [0.4, 0.5) is 10.3 Å². The topological polar surface area (TPSA) is 126 Å². The predicted molar refractivity (Wildman–Crippen MR) is 135 cm³/mol. The van der Waals surface area contributed by atoms with Crippen LogP contribution in [0.2, 0.25) is 0 Å². The summed E-state index contributed by atoms with van der Waals surface area (Å²) in [6.07, 6.45) is 9.15. The normalized spacial score (nSPS) is 14.1. The zero-order valence-corrected chi connectivity index (χ0v) is 21.0. The maximum atomic E-state index is 14.2. The van der Waals surface area contributed by atoms with E-state index in [1.165, 1.54) is 12.1 Å². The summed E-state index contributed by atoms with van der Waals surface area (Å²) < 4.78 is 25.1. The Labute approximate surface area is 215 Å². The summed E-state index contributed by atoms with van der Waals surface area (Å²) in [5, 5.41) is 15.2. The van der Waals surface area contributed by atoms with Gasteiger partial charge in [0, 0.05) is 44.5 Å². The highest BCUT2D eigenvalue weighted by Crippen LogP contribution is 2.25. The number of halogens is 1. The Hall–Kier alpha value is -3.60. The van der Waals surface area contributed by atoms with Crippen molar-refractivity contribution in [2.24, 2.45) is 5.92 Å². The van der Waals surface area contributed by atoms with Crippen LogP contribution in [0.1, 0.15) is 55.3 Å². The molecule has 3 heterocycles. The summed E-state index contributed by atoms with van der Waals surface area (Å²) in [6.45, 7) is 4.20. The largest absolute Gasteiger partial charge is 0.493 e. The minimum absolute atomic E-state index is 0.0675. The van der Waals surface area contributed by atoms with Crippen LogP contribution in [0.25, 0.3) is 11.4 Å². The molecule has 2 aromatic heterocycles. The number of ether oxygens (including phenoxy) is 1. The van der Waals surface area contributed by atoms with Crippen molar-refractivity contribution < 1.29 is 23.6 Å². The van der Waals surface area contributed by atoms with Crippen LogP contribution in [0.5, 0.6) is 5.75 Å². The van der Waals surface area contributed by atoms with Crippen molar-refractivity contribution in [2.45, 2.75) is 45.4 Å². The van der Waals surface area contributed by atoms with E-state index >= 15 is 0 Å². The fourth-order valence-corrected chi connectivity index (χ4v) is 4.31. The molecule has 37 heavy (non-hydrogen) atoms. The summed E-state index contributed by atoms with van der Waals surface area (Å²) in [4.78, 5) is 27.5. The highest BCUT2D eigenvalue weighted by molar-refractivity contribution is 5.94. The van der Waals surface area contributed by atoms with Crippen LogP contribution in [0.15, 0.2) is 35.1 Å². The quantitative estimate of drug-likeness (QED) is 0.351. The molecular formula is C26H33FN6O4. The van der Waals surface area contributed by atoms with E-state index in [9.17, 15) is 9.18 Å². The zero-order chi connectivity index (χ0) is 26.0. The minimum Gasteiger partial charge on any atom is -0.493 e. The Morgan fingerprint density at radius 2 is 2.05 bits per heavy atom. The van der Waals surface area contributed by atoms with Crippen molar-refractivity contribution >= 4 is 11.9 Å². The van der Waals surface area contributed by atoms with Crippen molar-refractivity contribution in [2.75, 3.05) is 37.7 Å². The monoisotopic (exact) mass is 512 g/mol. The Morgan fingerprint density at radius 3 is 2.76 bits per heavy atom. The lowest BCUT2D eigenvalue weighted by Crippen LogP contribution is -2.34. The molecule has 11 heteroatoms. The molecule has 1 saturated heterocycles. The van der Waals surface area contributed by atoms with E-state index in [1.807, 2.05) is 0 Å². The van der Waals surface area contributed by atoms with Crippen LogP contribution in [0.3, 0.4) is 0 Å². The Balaban J connectivity index is 1.17. The van der Waals surface area contributed by atoms with Crippen LogP contribution in [-0.4, -0.2) is 64.0 Å². The molecule has 1 fully saturated rings. The van der Waals surface area contributed by atoms with E-state index in [2.05, 4.69) is 37.2 Å². The number of hydrogen-bond donors (Lipinski definition) is 2. The van der Waals surface area contributed by atoms with Crippen molar-refractivity contribution in [3.8, 4) is 17.1 Å². The van der Waals surface area contributed by atoms with Crippen molar-refractivity contribution in [1.82, 2.24) is 25.4 Å². The summed E-state index contributed by atoms with van der Waals surface area (Å²) >= 11 is 0. The SMILES string of the molecule is CCCc1nc(-c2cnc(N3CCC(CCCOc4ccc(C(=O)NCCO)c(F)c4)CC3)nc2)no1. The summed E-state index contributed by atoms with van der Waals surface area (Å²) in [7, 11) is 0. The molecule has 0 unspecified atom stereocenters. The van der Waals surface area contributed by atoms with Gasteiger partial charge in [-0.3, -0.25) is 4.79 Å². The van der Waals surface area contributed by atoms with Gasteiger partial charge in [-0.1, -0.05) is 12.1 Å². The first-order chi connectivity index (χ1) is 18.1. The number of benzene rings is 1. The molecule has 0 atom stereocenters. The number of aliphatic hydroxyl groups is 1. The molecule has 1 aliphatic rings. The average Bonchev–Trinajstić information content (AvgIpc) is 3.39. The van der Waals surface area contributed by atoms with E-state index < -0.39 is 11.7 Å². The number of nitrogens with zero attached hydrogens (tertiary/aromatic N) is 5. The second-order valence-electron chi connectivity index (χ2n) is 9.08. The van der Waals surface area contributed by atoms with Crippen molar-refractivity contribution in [3.63, 3.8) is 0 Å². The van der Waals surface area contributed by atoms with Crippen LogP contribution < -0.4 is 15.0 Å². The van der Waals surface area contributed by atoms with E-state index in [0.717, 1.165) is 57.2 Å². The molecule has 4 rings (SSSR count). The van der Waals surface area contributed by atoms with E-state index in [0.29, 0.717) is 35.9 Å². The molecule has 0 bridgehead atoms. The molecule has 0 radical (unpaired) electrons. The number of piperidine rings is 1. The highest BCUT2D eigenvalue weighted by Gasteiger charge is 2.21. The molecule has 2 N–H and O–H groups in total. The third kappa shape index (κ3) is 7.22. The Kier molecular flexibility index (Phi) is 9.36. The summed E-state index contributed by atoms with van der Waals surface area (Å²) in [5.74, 6) is 1.63. The summed E-state index contributed by atoms with van der Waals surface area (Å²) in [5.41, 5.74) is 0.673. The lowest BCUT2D eigenvalue weighted by atomic mass is 9.92. The number of anilines is 1. The first-order valence-corrected chi connectivity index (χ1v) is 12.8. The van der Waals surface area contributed by atoms with E-state index in [-0.39, 0.29) is 18.7 Å². The fourth-order valence-electron chi connectivity index (χ4n) is 4.31. The van der Waals surface area contributed by atoms with Gasteiger partial charge in [0.2, 0.25) is 17.7 Å². The smallest absolute Gasteiger partial charge is 0.254 e. The predicted octanol–water partition coefficient (Wildman–Crippen LogP) is 3.42. The molecule has 1 aliphatic heterocycles. The van der Waals surface area contributed by atoms with E-state index in [4.69, 9.17) is 14.4 Å². The third-order valence-electron chi connectivity index (χ3n) is 6.33. The number of carbonyl (C=O) groups is 1. The number of amides is 1. The number of nitrogens with one attached hydrogen (secondary N) is 1. The van der Waals surface area contributed by atoms with Crippen LogP contribution in [-0.2, 0) is 6.42 Å². The number of carbonyl (C=O) groups excluding carboxylic acids is 1. The lowest BCUT2D eigenvalue weighted by Gasteiger charge is -2.32. The van der Waals surface area contributed by atoms with Gasteiger partial charge in [0.15, 0.2) is 0 Å². The first-order valence-electron chi connectivity index (χ1n) is 12.8. The Bertz CT molecular complexity index is 1150. The van der Waals surface area contributed by atoms with E-state index in [1.54, 1.807) is 18.5 Å². The number of aromatic nitrogens is 4. The number of rotatable bonds is 12. The molecule has 0 aliphatic carbocycles. The average molecular weight is 513 g/mol. The molecule has 10 nitrogen and oxygen atoms in total. The molecule has 1 amide bonds. The summed E-state index contributed by atoms with van der Waals surface area (Å²) in [6, 6.07) is 4.21. The van der Waals surface area contributed by atoms with Crippen LogP contribution in [0, 0.1) is 11.7 Å². The molecule has 0 saturated carbocycles. The van der Waals surface area contributed by atoms with Gasteiger partial charge in [0.25, 0.3) is 5.91 Å². The molecule has 1 aromatic carbocycles. The van der Waals surface area contributed by atoms with Crippen molar-refractivity contribution in [3.05, 3.63) is 47.9 Å². The van der Waals surface area contributed by atoms with Gasteiger partial charge in [-0.2, -0.15) is 4.98 Å². The van der Waals surface area contributed by atoms with Gasteiger partial charge >= 0.3 is 0 Å². The van der Waals surface area contributed by atoms with Crippen molar-refractivity contribution in [1.29, 1.82) is 0 Å². The van der Waals surface area contributed by atoms with Gasteiger partial charge in [0.1, 0.15) is 11.6 Å². The molecule has 198 valence electrons. The maximum Gasteiger partial charge on any atom is 0.254 e. The zero-order valence-electron chi connectivity index (χ0n) is 21.0. The third-order valence-corrected chi connectivity index (χ3v) is 6.33. The van der Waals surface area contributed by atoms with Gasteiger partial charge < -0.3 is 24.6 Å². The fraction of sp³-hybridized carbons (Fsp3) is 0.500. The first kappa shape index (κ1) is 26.5. The second kappa shape index (κ2) is 13.1. The Morgan fingerprint density at radius 1 is 1.27 bits per heavy atom. The van der Waals surface area contributed by atoms with Gasteiger partial charge in [0.05, 0.1) is 24.3 Å². The minimum atomic E-state index is -0.644. The molecular weight excluding hydrogens is 479 g/mol. The standard InChI is InChI=1S/C26H33FN6O4/c1-2-4-23-31-24(32-37-23)19-16-29-26(30-17-19)33-11-8-18(9-12-33)5-3-14-36-20-6-7-21(22(27)15-20)25(35)28-10-13-34/h6-7,15-18,34H,2-5,8-14H2,1H3,(H,28,35). The molecule has 3 aromatic rings. The van der Waals surface area contributed by atoms with Gasteiger partial charge in [-0.25, -0.2) is 14.4 Å². The lowest BCUT2D eigenvalue weighted by molar-refractivity contribution is 0.0940.